The lowest BCUT2D eigenvalue weighted by molar-refractivity contribution is -0.109. The van der Waals surface area contributed by atoms with Crippen molar-refractivity contribution in [3.63, 3.8) is 0 Å². The van der Waals surface area contributed by atoms with E-state index in [1.54, 1.807) is 18.3 Å². The molecular weight excluding hydrogens is 231 g/mol. The van der Waals surface area contributed by atoms with Gasteiger partial charge in [0.2, 0.25) is 0 Å². The van der Waals surface area contributed by atoms with E-state index in [0.29, 0.717) is 11.4 Å². The van der Waals surface area contributed by atoms with E-state index in [2.05, 4.69) is 11.9 Å². The fourth-order valence-corrected chi connectivity index (χ4v) is 2.28. The maximum absolute atomic E-state index is 13.8. The Morgan fingerprint density at radius 1 is 1.39 bits per heavy atom. The summed E-state index contributed by atoms with van der Waals surface area (Å²) in [7, 11) is 0. The van der Waals surface area contributed by atoms with Crippen LogP contribution in [0.2, 0.25) is 0 Å². The molecule has 1 aromatic carbocycles. The Kier molecular flexibility index (Phi) is 2.67. The second-order valence-corrected chi connectivity index (χ2v) is 5.16. The Bertz CT molecular complexity index is 560. The molecule has 0 aliphatic carbocycles. The van der Waals surface area contributed by atoms with Crippen molar-refractivity contribution in [2.45, 2.75) is 13.5 Å². The summed E-state index contributed by atoms with van der Waals surface area (Å²) in [4.78, 5) is 4.27. The summed E-state index contributed by atoms with van der Waals surface area (Å²) in [5.41, 5.74) is 0.687. The van der Waals surface area contributed by atoms with Crippen LogP contribution < -0.4 is 0 Å². The van der Waals surface area contributed by atoms with Crippen molar-refractivity contribution in [2.24, 2.45) is 5.41 Å². The molecule has 0 amide bonds. The van der Waals surface area contributed by atoms with Gasteiger partial charge in [-0.1, -0.05) is 19.1 Å². The topological polar surface area (TPSA) is 27.1 Å². The Labute approximate surface area is 105 Å². The minimum Gasteiger partial charge on any atom is -0.380 e. The molecule has 2 aromatic rings. The van der Waals surface area contributed by atoms with Gasteiger partial charge in [-0.15, -0.1) is 0 Å². The molecule has 3 rings (SSSR count). The minimum atomic E-state index is -0.236. The number of nitrogens with zero attached hydrogens (tertiary/aromatic N) is 2. The second kappa shape index (κ2) is 4.21. The van der Waals surface area contributed by atoms with Gasteiger partial charge in [-0.2, -0.15) is 0 Å². The number of hydrogen-bond acceptors (Lipinski definition) is 2. The Morgan fingerprint density at radius 2 is 2.17 bits per heavy atom. The molecular formula is C14H15FN2O. The molecule has 94 valence electrons. The number of ether oxygens (including phenoxy) is 1. The summed E-state index contributed by atoms with van der Waals surface area (Å²) in [5, 5.41) is 0. The number of aromatic nitrogens is 2. The third kappa shape index (κ3) is 1.93. The van der Waals surface area contributed by atoms with Crippen LogP contribution in [0.1, 0.15) is 6.92 Å². The summed E-state index contributed by atoms with van der Waals surface area (Å²) in [6.07, 6.45) is 3.61. The van der Waals surface area contributed by atoms with Crippen LogP contribution in [0.15, 0.2) is 36.7 Å². The third-order valence-corrected chi connectivity index (χ3v) is 3.28. The Morgan fingerprint density at radius 3 is 2.83 bits per heavy atom. The maximum Gasteiger partial charge on any atom is 0.142 e. The summed E-state index contributed by atoms with van der Waals surface area (Å²) in [6.45, 7) is 4.47. The van der Waals surface area contributed by atoms with Crippen molar-refractivity contribution in [1.29, 1.82) is 0 Å². The van der Waals surface area contributed by atoms with Crippen molar-refractivity contribution >= 4 is 0 Å². The molecule has 0 N–H and O–H groups in total. The van der Waals surface area contributed by atoms with Gasteiger partial charge in [-0.3, -0.25) is 0 Å². The molecule has 1 aliphatic rings. The highest BCUT2D eigenvalue weighted by molar-refractivity contribution is 5.56. The summed E-state index contributed by atoms with van der Waals surface area (Å²) < 4.78 is 21.0. The molecule has 1 aliphatic heterocycles. The van der Waals surface area contributed by atoms with Gasteiger partial charge in [0.1, 0.15) is 11.6 Å². The average Bonchev–Trinajstić information content (AvgIpc) is 2.75. The van der Waals surface area contributed by atoms with Crippen LogP contribution in [-0.4, -0.2) is 22.8 Å². The van der Waals surface area contributed by atoms with Crippen LogP contribution in [0.3, 0.4) is 0 Å². The van der Waals surface area contributed by atoms with Crippen LogP contribution in [0.25, 0.3) is 11.4 Å². The van der Waals surface area contributed by atoms with Gasteiger partial charge in [0, 0.05) is 24.4 Å². The zero-order valence-electron chi connectivity index (χ0n) is 10.3. The van der Waals surface area contributed by atoms with Gasteiger partial charge in [-0.05, 0) is 12.1 Å². The molecule has 4 heteroatoms. The highest BCUT2D eigenvalue weighted by Gasteiger charge is 2.34. The summed E-state index contributed by atoms with van der Waals surface area (Å²) >= 11 is 0. The van der Waals surface area contributed by atoms with Crippen LogP contribution in [-0.2, 0) is 11.3 Å². The van der Waals surface area contributed by atoms with Gasteiger partial charge in [0.25, 0.3) is 0 Å². The van der Waals surface area contributed by atoms with Crippen LogP contribution in [0.5, 0.6) is 0 Å². The average molecular weight is 246 g/mol. The number of benzene rings is 1. The molecule has 0 unspecified atom stereocenters. The van der Waals surface area contributed by atoms with Crippen molar-refractivity contribution in [3.05, 3.63) is 42.5 Å². The fourth-order valence-electron chi connectivity index (χ4n) is 2.28. The standard InChI is InChI=1S/C14H15FN2O/c1-14(9-18-10-14)8-17-7-6-16-13(17)11-4-2-3-5-12(11)15/h2-7H,8-10H2,1H3. The Balaban J connectivity index is 1.94. The van der Waals surface area contributed by atoms with Crippen LogP contribution in [0.4, 0.5) is 4.39 Å². The SMILES string of the molecule is CC1(Cn2ccnc2-c2ccccc2F)COC1. The van der Waals surface area contributed by atoms with Gasteiger partial charge in [0.15, 0.2) is 0 Å². The van der Waals surface area contributed by atoms with Crippen LogP contribution >= 0.6 is 0 Å². The van der Waals surface area contributed by atoms with Crippen LogP contribution in [0, 0.1) is 11.2 Å². The van der Waals surface area contributed by atoms with E-state index >= 15 is 0 Å². The highest BCUT2D eigenvalue weighted by Crippen LogP contribution is 2.31. The van der Waals surface area contributed by atoms with Crippen molar-refractivity contribution < 1.29 is 9.13 Å². The van der Waals surface area contributed by atoms with Gasteiger partial charge in [0.05, 0.1) is 18.8 Å². The molecule has 0 radical (unpaired) electrons. The van der Waals surface area contributed by atoms with E-state index < -0.39 is 0 Å². The lowest BCUT2D eigenvalue weighted by atomic mass is 9.88. The van der Waals surface area contributed by atoms with Gasteiger partial charge >= 0.3 is 0 Å². The predicted octanol–water partition coefficient (Wildman–Crippen LogP) is 2.73. The first-order valence-corrected chi connectivity index (χ1v) is 6.02. The van der Waals surface area contributed by atoms with Gasteiger partial charge < -0.3 is 9.30 Å². The third-order valence-electron chi connectivity index (χ3n) is 3.28. The van der Waals surface area contributed by atoms with E-state index in [0.717, 1.165) is 19.8 Å². The largest absolute Gasteiger partial charge is 0.380 e. The second-order valence-electron chi connectivity index (χ2n) is 5.16. The molecule has 0 spiro atoms. The van der Waals surface area contributed by atoms with E-state index in [-0.39, 0.29) is 11.2 Å². The molecule has 1 saturated heterocycles. The first-order chi connectivity index (χ1) is 8.68. The van der Waals surface area contributed by atoms with E-state index in [1.807, 2.05) is 16.8 Å². The van der Waals surface area contributed by atoms with Crippen molar-refractivity contribution in [1.82, 2.24) is 9.55 Å². The van der Waals surface area contributed by atoms with E-state index in [1.165, 1.54) is 6.07 Å². The lowest BCUT2D eigenvalue weighted by Crippen LogP contribution is -2.43. The zero-order valence-corrected chi connectivity index (χ0v) is 10.3. The van der Waals surface area contributed by atoms with Crippen molar-refractivity contribution in [2.75, 3.05) is 13.2 Å². The fraction of sp³-hybridized carbons (Fsp3) is 0.357. The first-order valence-electron chi connectivity index (χ1n) is 6.02. The highest BCUT2D eigenvalue weighted by atomic mass is 19.1. The summed E-state index contributed by atoms with van der Waals surface area (Å²) in [5.74, 6) is 0.446. The molecule has 1 aromatic heterocycles. The monoisotopic (exact) mass is 246 g/mol. The molecule has 0 saturated carbocycles. The summed E-state index contributed by atoms with van der Waals surface area (Å²) in [6, 6.07) is 6.73. The smallest absolute Gasteiger partial charge is 0.142 e. The molecule has 18 heavy (non-hydrogen) atoms. The predicted molar refractivity (Wildman–Crippen MR) is 66.5 cm³/mol. The lowest BCUT2D eigenvalue weighted by Gasteiger charge is -2.38. The molecule has 2 heterocycles. The number of hydrogen-bond donors (Lipinski definition) is 0. The van der Waals surface area contributed by atoms with E-state index in [9.17, 15) is 4.39 Å². The first kappa shape index (κ1) is 11.4. The van der Waals surface area contributed by atoms with Gasteiger partial charge in [-0.25, -0.2) is 9.37 Å². The number of halogens is 1. The van der Waals surface area contributed by atoms with E-state index in [4.69, 9.17) is 4.74 Å². The molecule has 3 nitrogen and oxygen atoms in total. The minimum absolute atomic E-state index is 0.140. The quantitative estimate of drug-likeness (QED) is 0.832. The number of imidazole rings is 1. The normalized spacial score (nSPS) is 17.4. The number of rotatable bonds is 3. The molecule has 1 fully saturated rings. The maximum atomic E-state index is 13.8. The molecule has 0 atom stereocenters. The molecule has 0 bridgehead atoms. The zero-order chi connectivity index (χ0) is 12.6. The Hall–Kier alpha value is -1.68. The van der Waals surface area contributed by atoms with Crippen molar-refractivity contribution in [3.8, 4) is 11.4 Å².